The van der Waals surface area contributed by atoms with Crippen molar-refractivity contribution in [2.24, 2.45) is 5.92 Å². The molecule has 0 spiro atoms. The fourth-order valence-electron chi connectivity index (χ4n) is 2.11. The number of furan rings is 1. The molecule has 1 aromatic carbocycles. The van der Waals surface area contributed by atoms with Crippen LogP contribution in [-0.2, 0) is 5.60 Å². The van der Waals surface area contributed by atoms with Crippen molar-refractivity contribution in [3.63, 3.8) is 0 Å². The van der Waals surface area contributed by atoms with E-state index in [-0.39, 0.29) is 11.5 Å². The first-order valence-electron chi connectivity index (χ1n) is 5.90. The number of hydrogen-bond acceptors (Lipinski definition) is 2. The minimum Gasteiger partial charge on any atom is -0.455 e. The molecule has 0 aliphatic rings. The van der Waals surface area contributed by atoms with Gasteiger partial charge in [-0.1, -0.05) is 32.9 Å². The van der Waals surface area contributed by atoms with Crippen LogP contribution in [0.1, 0.15) is 33.0 Å². The summed E-state index contributed by atoms with van der Waals surface area (Å²) in [6.45, 7) is 5.74. The lowest BCUT2D eigenvalue weighted by Gasteiger charge is -2.28. The summed E-state index contributed by atoms with van der Waals surface area (Å²) in [5.74, 6) is 0.0576. The second-order valence-electron chi connectivity index (χ2n) is 4.70. The number of para-hydroxylation sites is 1. The van der Waals surface area contributed by atoms with Gasteiger partial charge in [-0.25, -0.2) is 4.39 Å². The molecule has 0 radical (unpaired) electrons. The SMILES string of the molecule is CCC(O)(c1cc2cccc(F)c2o1)C(C)C. The molecule has 0 aliphatic carbocycles. The Bertz CT molecular complexity index is 530. The summed E-state index contributed by atoms with van der Waals surface area (Å²) in [4.78, 5) is 0. The molecule has 1 unspecified atom stereocenters. The van der Waals surface area contributed by atoms with Gasteiger partial charge in [0.15, 0.2) is 11.4 Å². The Labute approximate surface area is 100 Å². The lowest BCUT2D eigenvalue weighted by atomic mass is 9.85. The average molecular weight is 236 g/mol. The maximum Gasteiger partial charge on any atom is 0.170 e. The first-order chi connectivity index (χ1) is 7.99. The van der Waals surface area contributed by atoms with Crippen LogP contribution in [0.2, 0.25) is 0 Å². The van der Waals surface area contributed by atoms with Crippen molar-refractivity contribution in [2.75, 3.05) is 0 Å². The van der Waals surface area contributed by atoms with Crippen molar-refractivity contribution in [1.29, 1.82) is 0 Å². The third-order valence-corrected chi connectivity index (χ3v) is 3.42. The Balaban J connectivity index is 2.60. The largest absolute Gasteiger partial charge is 0.455 e. The monoisotopic (exact) mass is 236 g/mol. The van der Waals surface area contributed by atoms with Gasteiger partial charge in [0.25, 0.3) is 0 Å². The van der Waals surface area contributed by atoms with Crippen molar-refractivity contribution in [2.45, 2.75) is 32.8 Å². The molecule has 1 aromatic heterocycles. The van der Waals surface area contributed by atoms with Crippen LogP contribution in [0.3, 0.4) is 0 Å². The van der Waals surface area contributed by atoms with Crippen LogP contribution in [0.25, 0.3) is 11.0 Å². The Hall–Kier alpha value is -1.35. The van der Waals surface area contributed by atoms with Crippen molar-refractivity contribution in [1.82, 2.24) is 0 Å². The van der Waals surface area contributed by atoms with E-state index in [1.165, 1.54) is 6.07 Å². The maximum absolute atomic E-state index is 13.5. The van der Waals surface area contributed by atoms with E-state index in [0.29, 0.717) is 17.6 Å². The quantitative estimate of drug-likeness (QED) is 0.878. The predicted octanol–water partition coefficient (Wildman–Crippen LogP) is 3.83. The number of aliphatic hydroxyl groups is 1. The summed E-state index contributed by atoms with van der Waals surface area (Å²) in [6, 6.07) is 6.50. The molecule has 0 aliphatic heterocycles. The lowest BCUT2D eigenvalue weighted by Crippen LogP contribution is -2.30. The van der Waals surface area contributed by atoms with Gasteiger partial charge in [0, 0.05) is 5.39 Å². The molecule has 0 saturated heterocycles. The molecule has 1 N–H and O–H groups in total. The lowest BCUT2D eigenvalue weighted by molar-refractivity contribution is -0.0319. The fourth-order valence-corrected chi connectivity index (χ4v) is 2.11. The molecule has 0 fully saturated rings. The molecule has 92 valence electrons. The topological polar surface area (TPSA) is 33.4 Å². The van der Waals surface area contributed by atoms with Crippen molar-refractivity contribution in [3.05, 3.63) is 35.8 Å². The molecule has 1 heterocycles. The van der Waals surface area contributed by atoms with E-state index in [0.717, 1.165) is 0 Å². The van der Waals surface area contributed by atoms with E-state index in [9.17, 15) is 9.50 Å². The van der Waals surface area contributed by atoms with E-state index in [4.69, 9.17) is 4.42 Å². The van der Waals surface area contributed by atoms with Gasteiger partial charge in [-0.15, -0.1) is 0 Å². The van der Waals surface area contributed by atoms with Gasteiger partial charge in [-0.05, 0) is 24.5 Å². The third-order valence-electron chi connectivity index (χ3n) is 3.42. The third kappa shape index (κ3) is 1.84. The van der Waals surface area contributed by atoms with Crippen molar-refractivity contribution < 1.29 is 13.9 Å². The summed E-state index contributed by atoms with van der Waals surface area (Å²) < 4.78 is 19.0. The smallest absolute Gasteiger partial charge is 0.170 e. The Morgan fingerprint density at radius 2 is 2.12 bits per heavy atom. The van der Waals surface area contributed by atoms with Crippen LogP contribution in [0.4, 0.5) is 4.39 Å². The van der Waals surface area contributed by atoms with Gasteiger partial charge in [0.1, 0.15) is 11.4 Å². The van der Waals surface area contributed by atoms with Crippen LogP contribution in [0.15, 0.2) is 28.7 Å². The minimum atomic E-state index is -1.04. The highest BCUT2D eigenvalue weighted by molar-refractivity contribution is 5.78. The van der Waals surface area contributed by atoms with Crippen molar-refractivity contribution in [3.8, 4) is 0 Å². The summed E-state index contributed by atoms with van der Waals surface area (Å²) >= 11 is 0. The summed E-state index contributed by atoms with van der Waals surface area (Å²) in [5, 5.41) is 11.2. The van der Waals surface area contributed by atoms with Gasteiger partial charge < -0.3 is 9.52 Å². The second-order valence-corrected chi connectivity index (χ2v) is 4.70. The number of hydrogen-bond donors (Lipinski definition) is 1. The summed E-state index contributed by atoms with van der Waals surface area (Å²) in [5.41, 5.74) is -0.819. The summed E-state index contributed by atoms with van der Waals surface area (Å²) in [7, 11) is 0. The highest BCUT2D eigenvalue weighted by atomic mass is 19.1. The van der Waals surface area contributed by atoms with Crippen molar-refractivity contribution >= 4 is 11.0 Å². The van der Waals surface area contributed by atoms with E-state index in [1.54, 1.807) is 18.2 Å². The van der Waals surface area contributed by atoms with Gasteiger partial charge in [0.05, 0.1) is 0 Å². The Kier molecular flexibility index (Phi) is 2.96. The Morgan fingerprint density at radius 3 is 2.65 bits per heavy atom. The molecule has 2 rings (SSSR count). The number of halogens is 1. The van der Waals surface area contributed by atoms with Crippen LogP contribution in [0.5, 0.6) is 0 Å². The van der Waals surface area contributed by atoms with E-state index in [1.807, 2.05) is 20.8 Å². The molecular formula is C14H17FO2. The Morgan fingerprint density at radius 1 is 1.41 bits per heavy atom. The average Bonchev–Trinajstić information content (AvgIpc) is 2.73. The number of fused-ring (bicyclic) bond motifs is 1. The molecule has 17 heavy (non-hydrogen) atoms. The highest BCUT2D eigenvalue weighted by Gasteiger charge is 2.34. The molecule has 0 saturated carbocycles. The van der Waals surface area contributed by atoms with Gasteiger partial charge in [-0.2, -0.15) is 0 Å². The fraction of sp³-hybridized carbons (Fsp3) is 0.429. The number of benzene rings is 1. The molecular weight excluding hydrogens is 219 g/mol. The molecule has 1 atom stereocenters. The van der Waals surface area contributed by atoms with E-state index in [2.05, 4.69) is 0 Å². The minimum absolute atomic E-state index is 0.0103. The molecule has 2 aromatic rings. The van der Waals surface area contributed by atoms with E-state index < -0.39 is 11.4 Å². The molecule has 2 nitrogen and oxygen atoms in total. The van der Waals surface area contributed by atoms with Gasteiger partial charge in [-0.3, -0.25) is 0 Å². The normalized spacial score (nSPS) is 15.4. The van der Waals surface area contributed by atoms with Crippen LogP contribution >= 0.6 is 0 Å². The molecule has 3 heteroatoms. The van der Waals surface area contributed by atoms with E-state index >= 15 is 0 Å². The molecule has 0 bridgehead atoms. The standard InChI is InChI=1S/C14H17FO2/c1-4-14(16,9(2)3)12-8-10-6-5-7-11(15)13(10)17-12/h5-9,16H,4H2,1-3H3. The van der Waals surface area contributed by atoms with Gasteiger partial charge in [0.2, 0.25) is 0 Å². The molecule has 0 amide bonds. The highest BCUT2D eigenvalue weighted by Crippen LogP contribution is 2.36. The van der Waals surface area contributed by atoms with Gasteiger partial charge >= 0.3 is 0 Å². The summed E-state index contributed by atoms with van der Waals surface area (Å²) in [6.07, 6.45) is 0.534. The first kappa shape index (κ1) is 12.1. The first-order valence-corrected chi connectivity index (χ1v) is 5.90. The van der Waals surface area contributed by atoms with Crippen LogP contribution in [-0.4, -0.2) is 5.11 Å². The maximum atomic E-state index is 13.5. The van der Waals surface area contributed by atoms with Crippen LogP contribution in [0, 0.1) is 11.7 Å². The zero-order valence-corrected chi connectivity index (χ0v) is 10.3. The predicted molar refractivity (Wildman–Crippen MR) is 65.2 cm³/mol. The van der Waals surface area contributed by atoms with Crippen LogP contribution < -0.4 is 0 Å². The number of rotatable bonds is 3. The zero-order chi connectivity index (χ0) is 12.6. The second kappa shape index (κ2) is 4.15. The zero-order valence-electron chi connectivity index (χ0n) is 10.3.